The lowest BCUT2D eigenvalue weighted by Crippen LogP contribution is -2.30. The summed E-state index contributed by atoms with van der Waals surface area (Å²) in [5, 5.41) is 2.61. The van der Waals surface area contributed by atoms with E-state index in [9.17, 15) is 18.0 Å². The Bertz CT molecular complexity index is 1000. The highest BCUT2D eigenvalue weighted by atomic mass is 32.2. The van der Waals surface area contributed by atoms with Gasteiger partial charge in [-0.3, -0.25) is 4.79 Å². The molecule has 0 bridgehead atoms. The minimum atomic E-state index is -3.61. The summed E-state index contributed by atoms with van der Waals surface area (Å²) in [4.78, 5) is 26.6. The van der Waals surface area contributed by atoms with Crippen molar-refractivity contribution in [1.29, 1.82) is 0 Å². The van der Waals surface area contributed by atoms with Gasteiger partial charge >= 0.3 is 5.97 Å². The van der Waals surface area contributed by atoms with Crippen molar-refractivity contribution < 1.29 is 22.7 Å². The van der Waals surface area contributed by atoms with E-state index in [0.717, 1.165) is 5.69 Å². The first-order valence-corrected chi connectivity index (χ1v) is 10.9. The van der Waals surface area contributed by atoms with Crippen molar-refractivity contribution in [3.8, 4) is 0 Å². The summed E-state index contributed by atoms with van der Waals surface area (Å²) in [5.74, 6) is -1.13. The third-order valence-corrected chi connectivity index (χ3v) is 5.75. The molecule has 0 saturated heterocycles. The number of benzene rings is 2. The quantitative estimate of drug-likeness (QED) is 0.620. The van der Waals surface area contributed by atoms with Crippen molar-refractivity contribution in [2.45, 2.75) is 37.8 Å². The first-order valence-electron chi connectivity index (χ1n) is 9.41. The summed E-state index contributed by atoms with van der Waals surface area (Å²) in [6, 6.07) is 12.4. The Balaban J connectivity index is 2.00. The lowest BCUT2D eigenvalue weighted by molar-refractivity contribution is -0.123. The Hall–Kier alpha value is -2.91. The minimum Gasteiger partial charge on any atom is -0.449 e. The molecule has 2 aromatic rings. The summed E-state index contributed by atoms with van der Waals surface area (Å²) >= 11 is 0. The number of anilines is 2. The molecule has 2 N–H and O–H groups in total. The summed E-state index contributed by atoms with van der Waals surface area (Å²) < 4.78 is 32.0. The molecule has 0 aliphatic carbocycles. The van der Waals surface area contributed by atoms with Crippen molar-refractivity contribution in [2.24, 2.45) is 0 Å². The number of amides is 1. The van der Waals surface area contributed by atoms with Crippen LogP contribution in [0.2, 0.25) is 0 Å². The van der Waals surface area contributed by atoms with Crippen molar-refractivity contribution in [3.05, 3.63) is 54.1 Å². The minimum absolute atomic E-state index is 0.0921. The summed E-state index contributed by atoms with van der Waals surface area (Å²) in [6.07, 6.45) is -1.04. The second-order valence-corrected chi connectivity index (χ2v) is 9.00. The molecule has 0 radical (unpaired) electrons. The molecule has 9 heteroatoms. The van der Waals surface area contributed by atoms with Crippen LogP contribution in [0.5, 0.6) is 0 Å². The molecule has 2 rings (SSSR count). The van der Waals surface area contributed by atoms with Crippen LogP contribution < -0.4 is 14.9 Å². The fourth-order valence-corrected chi connectivity index (χ4v) is 3.78. The molecule has 0 aromatic heterocycles. The maximum atomic E-state index is 12.4. The number of hydrogen-bond donors (Lipinski definition) is 2. The highest BCUT2D eigenvalue weighted by Crippen LogP contribution is 2.17. The van der Waals surface area contributed by atoms with Gasteiger partial charge in [0.25, 0.3) is 5.91 Å². The van der Waals surface area contributed by atoms with Crippen molar-refractivity contribution in [2.75, 3.05) is 24.3 Å². The Labute approximate surface area is 177 Å². The van der Waals surface area contributed by atoms with Crippen LogP contribution in [-0.2, 0) is 19.6 Å². The van der Waals surface area contributed by atoms with Gasteiger partial charge in [0.05, 0.1) is 10.5 Å². The van der Waals surface area contributed by atoms with Crippen LogP contribution in [-0.4, -0.2) is 46.5 Å². The number of sulfonamides is 1. The number of hydrogen-bond acceptors (Lipinski definition) is 6. The van der Waals surface area contributed by atoms with E-state index in [4.69, 9.17) is 4.74 Å². The maximum Gasteiger partial charge on any atom is 0.338 e. The van der Waals surface area contributed by atoms with Crippen LogP contribution in [0.15, 0.2) is 53.4 Å². The normalized spacial score (nSPS) is 12.3. The number of ether oxygens (including phenoxy) is 1. The molecule has 8 nitrogen and oxygen atoms in total. The third kappa shape index (κ3) is 6.30. The second-order valence-electron chi connectivity index (χ2n) is 7.28. The zero-order valence-electron chi connectivity index (χ0n) is 17.7. The first-order chi connectivity index (χ1) is 14.0. The van der Waals surface area contributed by atoms with Gasteiger partial charge in [0.1, 0.15) is 0 Å². The molecule has 1 amide bonds. The maximum absolute atomic E-state index is 12.4. The Morgan fingerprint density at radius 3 is 2.20 bits per heavy atom. The standard InChI is InChI=1S/C21H27N3O5S/c1-14(2)23-30(27,28)19-11-9-17(10-12-19)22-20(25)15(3)29-21(26)16-7-6-8-18(13-16)24(4)5/h6-15,23H,1-5H3,(H,22,25)/t15-/m1/s1. The van der Waals surface area contributed by atoms with E-state index in [1.165, 1.54) is 31.2 Å². The Kier molecular flexibility index (Phi) is 7.58. The van der Waals surface area contributed by atoms with Gasteiger partial charge < -0.3 is 15.0 Å². The number of nitrogens with one attached hydrogen (secondary N) is 2. The smallest absolute Gasteiger partial charge is 0.338 e. The molecule has 0 saturated carbocycles. The Morgan fingerprint density at radius 2 is 1.63 bits per heavy atom. The highest BCUT2D eigenvalue weighted by molar-refractivity contribution is 7.89. The van der Waals surface area contributed by atoms with Gasteiger partial charge in [0.2, 0.25) is 10.0 Å². The van der Waals surface area contributed by atoms with E-state index in [0.29, 0.717) is 11.3 Å². The van der Waals surface area contributed by atoms with Gasteiger partial charge in [0, 0.05) is 31.5 Å². The summed E-state index contributed by atoms with van der Waals surface area (Å²) in [5.41, 5.74) is 1.57. The second kappa shape index (κ2) is 9.73. The van der Waals surface area contributed by atoms with E-state index in [1.807, 2.05) is 25.1 Å². The topological polar surface area (TPSA) is 105 Å². The van der Waals surface area contributed by atoms with Crippen molar-refractivity contribution in [3.63, 3.8) is 0 Å². The molecule has 1 atom stereocenters. The van der Waals surface area contributed by atoms with E-state index >= 15 is 0 Å². The number of nitrogens with zero attached hydrogens (tertiary/aromatic N) is 1. The van der Waals surface area contributed by atoms with Crippen LogP contribution in [0.3, 0.4) is 0 Å². The predicted octanol–water partition coefficient (Wildman–Crippen LogP) is 2.62. The number of carbonyl (C=O) groups is 2. The molecule has 0 aliphatic heterocycles. The van der Waals surface area contributed by atoms with Crippen LogP contribution in [0.4, 0.5) is 11.4 Å². The van der Waals surface area contributed by atoms with Gasteiger partial charge in [0.15, 0.2) is 6.10 Å². The first kappa shape index (κ1) is 23.4. The molecule has 162 valence electrons. The number of carbonyl (C=O) groups excluding carboxylic acids is 2. The SMILES string of the molecule is CC(C)NS(=O)(=O)c1ccc(NC(=O)[C@@H](C)OC(=O)c2cccc(N(C)C)c2)cc1. The molecule has 0 fully saturated rings. The zero-order valence-corrected chi connectivity index (χ0v) is 18.5. The molecule has 0 spiro atoms. The molecule has 0 unspecified atom stereocenters. The fraction of sp³-hybridized carbons (Fsp3) is 0.333. The summed E-state index contributed by atoms with van der Waals surface area (Å²) in [7, 11) is 0.101. The molecule has 2 aromatic carbocycles. The van der Waals surface area contributed by atoms with Gasteiger partial charge in [-0.15, -0.1) is 0 Å². The largest absolute Gasteiger partial charge is 0.449 e. The van der Waals surface area contributed by atoms with E-state index in [1.54, 1.807) is 32.0 Å². The average Bonchev–Trinajstić information content (AvgIpc) is 2.67. The molecular weight excluding hydrogens is 406 g/mol. The average molecular weight is 434 g/mol. The lowest BCUT2D eigenvalue weighted by Gasteiger charge is -2.16. The summed E-state index contributed by atoms with van der Waals surface area (Å²) in [6.45, 7) is 4.92. The van der Waals surface area contributed by atoms with Crippen LogP contribution in [0.1, 0.15) is 31.1 Å². The van der Waals surface area contributed by atoms with Gasteiger partial charge in [-0.25, -0.2) is 17.9 Å². The third-order valence-electron chi connectivity index (χ3n) is 4.07. The fourth-order valence-electron chi connectivity index (χ4n) is 2.53. The molecule has 0 heterocycles. The van der Waals surface area contributed by atoms with Crippen LogP contribution in [0.25, 0.3) is 0 Å². The number of esters is 1. The van der Waals surface area contributed by atoms with E-state index in [-0.39, 0.29) is 10.9 Å². The zero-order chi connectivity index (χ0) is 22.5. The molecule has 30 heavy (non-hydrogen) atoms. The van der Waals surface area contributed by atoms with E-state index < -0.39 is 28.0 Å². The van der Waals surface area contributed by atoms with Gasteiger partial charge in [-0.1, -0.05) is 6.07 Å². The highest BCUT2D eigenvalue weighted by Gasteiger charge is 2.20. The molecular formula is C21H27N3O5S. The van der Waals surface area contributed by atoms with Crippen molar-refractivity contribution >= 4 is 33.3 Å². The monoisotopic (exact) mass is 433 g/mol. The van der Waals surface area contributed by atoms with Crippen LogP contribution in [0, 0.1) is 0 Å². The predicted molar refractivity (Wildman–Crippen MR) is 116 cm³/mol. The van der Waals surface area contributed by atoms with Gasteiger partial charge in [-0.2, -0.15) is 0 Å². The number of rotatable bonds is 8. The van der Waals surface area contributed by atoms with Crippen LogP contribution >= 0.6 is 0 Å². The molecule has 0 aliphatic rings. The van der Waals surface area contributed by atoms with Gasteiger partial charge in [-0.05, 0) is 63.2 Å². The van der Waals surface area contributed by atoms with E-state index in [2.05, 4.69) is 10.0 Å². The lowest BCUT2D eigenvalue weighted by atomic mass is 10.2. The Morgan fingerprint density at radius 1 is 1.00 bits per heavy atom. The van der Waals surface area contributed by atoms with Crippen molar-refractivity contribution in [1.82, 2.24) is 4.72 Å².